The molecule has 2 fully saturated rings. The Balaban J connectivity index is 1.66. The highest BCUT2D eigenvalue weighted by atomic mass is 35.5. The molecule has 1 aromatic rings. The van der Waals surface area contributed by atoms with Crippen molar-refractivity contribution in [3.63, 3.8) is 0 Å². The molecule has 4 aliphatic rings. The number of anilines is 1. The van der Waals surface area contributed by atoms with Crippen LogP contribution in [0.4, 0.5) is 5.69 Å². The van der Waals surface area contributed by atoms with E-state index in [1.54, 1.807) is 28.0 Å². The zero-order valence-corrected chi connectivity index (χ0v) is 22.0. The molecule has 0 bridgehead atoms. The maximum Gasteiger partial charge on any atom is 0.311 e. The van der Waals surface area contributed by atoms with E-state index in [2.05, 4.69) is 0 Å². The SMILES string of the molecule is CC(C)C[C@H](CO)N1C(=O)[C@@H]2[C@@H]3C(=O)OCCC=C[C@@H]3S[C@@]23C=CCN(c2ccccc2Cl)C(=O)C13. The Bertz CT molecular complexity index is 1120. The lowest BCUT2D eigenvalue weighted by molar-refractivity contribution is -0.153. The van der Waals surface area contributed by atoms with Crippen molar-refractivity contribution in [1.82, 2.24) is 4.90 Å². The maximum atomic E-state index is 14.4. The number of thioether (sulfide) groups is 1. The third-order valence-electron chi connectivity index (χ3n) is 7.55. The number of aliphatic hydroxyl groups is 1. The number of carbonyl (C=O) groups is 3. The minimum Gasteiger partial charge on any atom is -0.465 e. The summed E-state index contributed by atoms with van der Waals surface area (Å²) < 4.78 is 4.56. The molecule has 2 amide bonds. The molecule has 0 aromatic heterocycles. The number of likely N-dealkylation sites (tertiary alicyclic amines) is 1. The van der Waals surface area contributed by atoms with Gasteiger partial charge in [0.25, 0.3) is 5.91 Å². The zero-order chi connectivity index (χ0) is 25.6. The summed E-state index contributed by atoms with van der Waals surface area (Å²) in [5.74, 6) is -2.20. The Morgan fingerprint density at radius 2 is 1.97 bits per heavy atom. The number of ether oxygens (including phenoxy) is 1. The molecule has 0 aliphatic carbocycles. The maximum absolute atomic E-state index is 14.4. The van der Waals surface area contributed by atoms with Crippen molar-refractivity contribution < 1.29 is 24.2 Å². The Hall–Kier alpha value is -2.29. The van der Waals surface area contributed by atoms with Crippen molar-refractivity contribution in [2.45, 2.75) is 48.8 Å². The summed E-state index contributed by atoms with van der Waals surface area (Å²) in [5, 5.41) is 10.5. The van der Waals surface area contributed by atoms with E-state index in [1.807, 2.05) is 44.2 Å². The summed E-state index contributed by atoms with van der Waals surface area (Å²) in [6, 6.07) is 5.71. The van der Waals surface area contributed by atoms with Crippen LogP contribution in [0.3, 0.4) is 0 Å². The fourth-order valence-corrected chi connectivity index (χ4v) is 8.37. The molecule has 2 saturated heterocycles. The van der Waals surface area contributed by atoms with Gasteiger partial charge in [0.05, 0.1) is 46.5 Å². The van der Waals surface area contributed by atoms with Gasteiger partial charge in [0.2, 0.25) is 5.91 Å². The minimum atomic E-state index is -0.961. The van der Waals surface area contributed by atoms with Gasteiger partial charge in [-0.25, -0.2) is 0 Å². The van der Waals surface area contributed by atoms with Gasteiger partial charge in [-0.1, -0.05) is 61.9 Å². The third kappa shape index (κ3) is 3.98. The van der Waals surface area contributed by atoms with E-state index in [0.717, 1.165) is 0 Å². The lowest BCUT2D eigenvalue weighted by Crippen LogP contribution is -2.57. The number of rotatable bonds is 5. The summed E-state index contributed by atoms with van der Waals surface area (Å²) in [7, 11) is 0. The van der Waals surface area contributed by atoms with Crippen LogP contribution >= 0.6 is 23.4 Å². The largest absolute Gasteiger partial charge is 0.465 e. The summed E-state index contributed by atoms with van der Waals surface area (Å²) >= 11 is 7.99. The smallest absolute Gasteiger partial charge is 0.311 e. The van der Waals surface area contributed by atoms with E-state index in [4.69, 9.17) is 16.3 Å². The molecule has 1 spiro atoms. The van der Waals surface area contributed by atoms with Crippen LogP contribution in [0.1, 0.15) is 26.7 Å². The summed E-state index contributed by atoms with van der Waals surface area (Å²) in [6.07, 6.45) is 8.99. The van der Waals surface area contributed by atoms with E-state index in [1.165, 1.54) is 11.8 Å². The molecule has 1 aromatic carbocycles. The number of para-hydroxylation sites is 1. The first-order valence-electron chi connectivity index (χ1n) is 12.5. The van der Waals surface area contributed by atoms with Gasteiger partial charge in [-0.05, 0) is 30.9 Å². The number of benzene rings is 1. The first-order chi connectivity index (χ1) is 17.3. The first kappa shape index (κ1) is 25.4. The number of hydrogen-bond donors (Lipinski definition) is 1. The number of hydrogen-bond acceptors (Lipinski definition) is 6. The molecule has 0 radical (unpaired) electrons. The highest BCUT2D eigenvalue weighted by Gasteiger charge is 2.71. The Labute approximate surface area is 220 Å². The first-order valence-corrected chi connectivity index (χ1v) is 13.7. The summed E-state index contributed by atoms with van der Waals surface area (Å²) in [4.78, 5) is 45.0. The molecule has 4 heterocycles. The standard InChI is InChI=1S/C27H31ClN2O5S/c1-16(2)14-17(15-31)30-23-25(33)29(19-9-4-3-8-18(19)28)12-7-11-27(23)22(24(30)32)21-20(36-27)10-5-6-13-35-26(21)34/h3-5,7-11,16-17,20-23,31H,6,12-15H2,1-2H3/t17-,20+,21-,22+,23?,27+/m1/s1. The summed E-state index contributed by atoms with van der Waals surface area (Å²) in [6.45, 7) is 4.33. The van der Waals surface area contributed by atoms with Gasteiger partial charge in [0.1, 0.15) is 6.04 Å². The van der Waals surface area contributed by atoms with Gasteiger partial charge in [-0.3, -0.25) is 14.4 Å². The Kier molecular flexibility index (Phi) is 6.96. The van der Waals surface area contributed by atoms with Crippen LogP contribution in [0.25, 0.3) is 0 Å². The highest BCUT2D eigenvalue weighted by Crippen LogP contribution is 2.61. The molecule has 5 rings (SSSR count). The number of nitrogens with zero attached hydrogens (tertiary/aromatic N) is 2. The van der Waals surface area contributed by atoms with Crippen LogP contribution in [-0.2, 0) is 19.1 Å². The molecule has 1 unspecified atom stereocenters. The van der Waals surface area contributed by atoms with Crippen molar-refractivity contribution in [2.75, 3.05) is 24.7 Å². The Morgan fingerprint density at radius 3 is 2.69 bits per heavy atom. The normalized spacial score (nSPS) is 32.5. The van der Waals surface area contributed by atoms with Crippen molar-refractivity contribution in [3.8, 4) is 0 Å². The fourth-order valence-electron chi connectivity index (χ4n) is 6.15. The predicted molar refractivity (Wildman–Crippen MR) is 140 cm³/mol. The molecule has 6 atom stereocenters. The van der Waals surface area contributed by atoms with Gasteiger partial charge in [-0.2, -0.15) is 0 Å². The van der Waals surface area contributed by atoms with E-state index >= 15 is 0 Å². The molecule has 4 aliphatic heterocycles. The number of halogens is 1. The fraction of sp³-hybridized carbons (Fsp3) is 0.519. The van der Waals surface area contributed by atoms with Crippen LogP contribution in [0.2, 0.25) is 5.02 Å². The number of carbonyl (C=O) groups excluding carboxylic acids is 3. The van der Waals surface area contributed by atoms with E-state index in [9.17, 15) is 19.5 Å². The second-order valence-corrected chi connectivity index (χ2v) is 12.1. The third-order valence-corrected chi connectivity index (χ3v) is 9.61. The van der Waals surface area contributed by atoms with Crippen LogP contribution in [-0.4, -0.2) is 69.6 Å². The number of amides is 2. The van der Waals surface area contributed by atoms with Gasteiger partial charge >= 0.3 is 5.97 Å². The number of aliphatic hydroxyl groups excluding tert-OH is 1. The topological polar surface area (TPSA) is 87.2 Å². The Morgan fingerprint density at radius 1 is 1.19 bits per heavy atom. The van der Waals surface area contributed by atoms with E-state index < -0.39 is 34.6 Å². The molecule has 9 heteroatoms. The molecule has 7 nitrogen and oxygen atoms in total. The van der Waals surface area contributed by atoms with Crippen LogP contribution in [0, 0.1) is 17.8 Å². The monoisotopic (exact) mass is 530 g/mol. The average molecular weight is 531 g/mol. The van der Waals surface area contributed by atoms with Crippen LogP contribution in [0.5, 0.6) is 0 Å². The minimum absolute atomic E-state index is 0.192. The van der Waals surface area contributed by atoms with Crippen LogP contribution in [0.15, 0.2) is 48.6 Å². The second kappa shape index (κ2) is 9.88. The van der Waals surface area contributed by atoms with E-state index in [0.29, 0.717) is 30.1 Å². The van der Waals surface area contributed by atoms with Gasteiger partial charge in [0.15, 0.2) is 0 Å². The second-order valence-electron chi connectivity index (χ2n) is 10.2. The quantitative estimate of drug-likeness (QED) is 0.463. The average Bonchev–Trinajstić information content (AvgIpc) is 3.22. The molecule has 1 N–H and O–H groups in total. The zero-order valence-electron chi connectivity index (χ0n) is 20.4. The van der Waals surface area contributed by atoms with Gasteiger partial charge < -0.3 is 19.6 Å². The van der Waals surface area contributed by atoms with Crippen molar-refractivity contribution >= 4 is 46.8 Å². The lowest BCUT2D eigenvalue weighted by atomic mass is 9.78. The van der Waals surface area contributed by atoms with E-state index in [-0.39, 0.29) is 36.2 Å². The predicted octanol–water partition coefficient (Wildman–Crippen LogP) is 3.45. The molecular formula is C27H31ClN2O5S. The number of fused-ring (bicyclic) bond motifs is 2. The van der Waals surface area contributed by atoms with Crippen molar-refractivity contribution in [2.24, 2.45) is 17.8 Å². The van der Waals surface area contributed by atoms with Crippen molar-refractivity contribution in [3.05, 3.63) is 53.6 Å². The molecular weight excluding hydrogens is 500 g/mol. The molecule has 0 saturated carbocycles. The highest BCUT2D eigenvalue weighted by molar-refractivity contribution is 8.02. The van der Waals surface area contributed by atoms with Gasteiger partial charge in [0, 0.05) is 11.8 Å². The summed E-state index contributed by atoms with van der Waals surface area (Å²) in [5.41, 5.74) is 0.569. The molecule has 192 valence electrons. The van der Waals surface area contributed by atoms with Crippen LogP contribution < -0.4 is 4.90 Å². The number of esters is 1. The lowest BCUT2D eigenvalue weighted by Gasteiger charge is -2.39. The van der Waals surface area contributed by atoms with Crippen molar-refractivity contribution in [1.29, 1.82) is 0 Å². The molecule has 36 heavy (non-hydrogen) atoms. The van der Waals surface area contributed by atoms with Gasteiger partial charge in [-0.15, -0.1) is 11.8 Å². The number of cyclic esters (lactones) is 1.